The second-order valence-electron chi connectivity index (χ2n) is 4.11. The fourth-order valence-corrected chi connectivity index (χ4v) is 3.06. The Balaban J connectivity index is 1.84. The molecule has 0 radical (unpaired) electrons. The summed E-state index contributed by atoms with van der Waals surface area (Å²) >= 11 is 2.01. The molecule has 1 aromatic heterocycles. The van der Waals surface area contributed by atoms with Crippen LogP contribution in [0.2, 0.25) is 0 Å². The molecule has 2 N–H and O–H groups in total. The molecule has 17 heavy (non-hydrogen) atoms. The van der Waals surface area contributed by atoms with E-state index in [-0.39, 0.29) is 5.69 Å². The third-order valence-electron chi connectivity index (χ3n) is 2.79. The Labute approximate surface area is 105 Å². The largest absolute Gasteiger partial charge is 0.477 e. The van der Waals surface area contributed by atoms with Gasteiger partial charge in [-0.05, 0) is 30.7 Å². The van der Waals surface area contributed by atoms with Crippen molar-refractivity contribution in [2.45, 2.75) is 24.5 Å². The molecule has 0 saturated carbocycles. The van der Waals surface area contributed by atoms with E-state index in [1.807, 2.05) is 11.8 Å². The van der Waals surface area contributed by atoms with Gasteiger partial charge >= 0.3 is 5.97 Å². The average Bonchev–Trinajstić information content (AvgIpc) is 2.38. The van der Waals surface area contributed by atoms with Gasteiger partial charge in [-0.1, -0.05) is 6.42 Å². The van der Waals surface area contributed by atoms with Crippen molar-refractivity contribution in [2.24, 2.45) is 0 Å². The number of pyridine rings is 1. The summed E-state index contributed by atoms with van der Waals surface area (Å²) < 4.78 is 0. The Hall–Kier alpha value is -1.23. The lowest BCUT2D eigenvalue weighted by atomic mass is 10.2. The van der Waals surface area contributed by atoms with Crippen molar-refractivity contribution in [3.05, 3.63) is 24.0 Å². The molecule has 92 valence electrons. The van der Waals surface area contributed by atoms with Gasteiger partial charge in [-0.3, -0.25) is 0 Å². The first-order valence-corrected chi connectivity index (χ1v) is 6.85. The molecule has 0 bridgehead atoms. The second-order valence-corrected chi connectivity index (χ2v) is 5.51. The van der Waals surface area contributed by atoms with Crippen molar-refractivity contribution in [1.82, 2.24) is 4.98 Å². The average molecular weight is 252 g/mol. The zero-order valence-corrected chi connectivity index (χ0v) is 10.4. The minimum Gasteiger partial charge on any atom is -0.477 e. The molecule has 1 unspecified atom stereocenters. The number of carbonyl (C=O) groups is 1. The highest BCUT2D eigenvalue weighted by Crippen LogP contribution is 2.25. The highest BCUT2D eigenvalue weighted by Gasteiger charge is 2.13. The number of aromatic carboxylic acids is 1. The molecule has 4 nitrogen and oxygen atoms in total. The normalized spacial score (nSPS) is 19.9. The number of carboxylic acids is 1. The molecule has 1 aliphatic heterocycles. The molecule has 5 heteroatoms. The molecule has 1 atom stereocenters. The van der Waals surface area contributed by atoms with Crippen molar-refractivity contribution < 1.29 is 9.90 Å². The quantitative estimate of drug-likeness (QED) is 0.862. The smallest absolute Gasteiger partial charge is 0.354 e. The van der Waals surface area contributed by atoms with Gasteiger partial charge in [0.25, 0.3) is 0 Å². The zero-order chi connectivity index (χ0) is 12.1. The van der Waals surface area contributed by atoms with Crippen molar-refractivity contribution >= 4 is 23.4 Å². The molecular formula is C12H16N2O2S. The molecule has 0 spiro atoms. The van der Waals surface area contributed by atoms with Gasteiger partial charge in [-0.25, -0.2) is 9.78 Å². The molecule has 1 aromatic rings. The van der Waals surface area contributed by atoms with Gasteiger partial charge in [-0.2, -0.15) is 11.8 Å². The van der Waals surface area contributed by atoms with Crippen LogP contribution >= 0.6 is 11.8 Å². The Bertz CT molecular complexity index is 375. The number of carboxylic acid groups (broad SMARTS) is 1. The van der Waals surface area contributed by atoms with Gasteiger partial charge < -0.3 is 10.4 Å². The number of hydrogen-bond donors (Lipinski definition) is 2. The number of aromatic nitrogens is 1. The highest BCUT2D eigenvalue weighted by atomic mass is 32.2. The van der Waals surface area contributed by atoms with Gasteiger partial charge in [0.15, 0.2) is 0 Å². The number of rotatable bonds is 4. The standard InChI is InChI=1S/C12H16N2O2S/c15-12(16)11-5-4-9(7-14-11)13-8-10-3-1-2-6-17-10/h4-5,7,10,13H,1-3,6,8H2,(H,15,16). The summed E-state index contributed by atoms with van der Waals surface area (Å²) in [7, 11) is 0. The van der Waals surface area contributed by atoms with Gasteiger partial charge in [0, 0.05) is 11.8 Å². The van der Waals surface area contributed by atoms with E-state index in [4.69, 9.17) is 5.11 Å². The van der Waals surface area contributed by atoms with Gasteiger partial charge in [-0.15, -0.1) is 0 Å². The van der Waals surface area contributed by atoms with Crippen molar-refractivity contribution in [2.75, 3.05) is 17.6 Å². The van der Waals surface area contributed by atoms with Gasteiger partial charge in [0.2, 0.25) is 0 Å². The number of nitrogens with zero attached hydrogens (tertiary/aromatic N) is 1. The first-order valence-electron chi connectivity index (χ1n) is 5.80. The molecule has 2 heterocycles. The van der Waals surface area contributed by atoms with Crippen LogP contribution in [0.1, 0.15) is 29.8 Å². The third-order valence-corrected chi connectivity index (χ3v) is 4.19. The van der Waals surface area contributed by atoms with Crippen LogP contribution in [0.4, 0.5) is 5.69 Å². The minimum absolute atomic E-state index is 0.0857. The molecule has 0 aliphatic carbocycles. The van der Waals surface area contributed by atoms with Crippen LogP contribution in [0.25, 0.3) is 0 Å². The Morgan fingerprint density at radius 2 is 2.41 bits per heavy atom. The third kappa shape index (κ3) is 3.63. The summed E-state index contributed by atoms with van der Waals surface area (Å²) in [6.07, 6.45) is 5.49. The van der Waals surface area contributed by atoms with E-state index < -0.39 is 5.97 Å². The van der Waals surface area contributed by atoms with Crippen LogP contribution in [0.3, 0.4) is 0 Å². The number of nitrogens with one attached hydrogen (secondary N) is 1. The maximum atomic E-state index is 10.6. The van der Waals surface area contributed by atoms with Gasteiger partial charge in [0.1, 0.15) is 5.69 Å². The molecule has 2 rings (SSSR count). The maximum absolute atomic E-state index is 10.6. The summed E-state index contributed by atoms with van der Waals surface area (Å²) in [6.45, 7) is 0.929. The van der Waals surface area contributed by atoms with Crippen molar-refractivity contribution in [3.63, 3.8) is 0 Å². The Kier molecular flexibility index (Phi) is 4.25. The summed E-state index contributed by atoms with van der Waals surface area (Å²) in [5, 5.41) is 12.7. The maximum Gasteiger partial charge on any atom is 0.354 e. The molecule has 1 fully saturated rings. The highest BCUT2D eigenvalue weighted by molar-refractivity contribution is 7.99. The zero-order valence-electron chi connectivity index (χ0n) is 9.56. The van der Waals surface area contributed by atoms with E-state index in [0.29, 0.717) is 5.25 Å². The van der Waals surface area contributed by atoms with Crippen molar-refractivity contribution in [3.8, 4) is 0 Å². The van der Waals surface area contributed by atoms with Crippen molar-refractivity contribution in [1.29, 1.82) is 0 Å². The van der Waals surface area contributed by atoms with Crippen LogP contribution in [0, 0.1) is 0 Å². The number of anilines is 1. The number of thioether (sulfide) groups is 1. The first-order chi connectivity index (χ1) is 8.25. The van der Waals surface area contributed by atoms with E-state index in [1.54, 1.807) is 12.3 Å². The summed E-state index contributed by atoms with van der Waals surface area (Å²) in [4.78, 5) is 14.5. The lowest BCUT2D eigenvalue weighted by molar-refractivity contribution is 0.0690. The van der Waals surface area contributed by atoms with Crippen LogP contribution in [0.15, 0.2) is 18.3 Å². The Morgan fingerprint density at radius 1 is 1.53 bits per heavy atom. The van der Waals surface area contributed by atoms with E-state index in [9.17, 15) is 4.79 Å². The summed E-state index contributed by atoms with van der Waals surface area (Å²) in [5.41, 5.74) is 0.976. The van der Waals surface area contributed by atoms with E-state index >= 15 is 0 Å². The van der Waals surface area contributed by atoms with E-state index in [1.165, 1.54) is 31.1 Å². The van der Waals surface area contributed by atoms with Crippen LogP contribution in [-0.4, -0.2) is 33.6 Å². The monoisotopic (exact) mass is 252 g/mol. The Morgan fingerprint density at radius 3 is 3.00 bits per heavy atom. The molecule has 0 amide bonds. The van der Waals surface area contributed by atoms with Gasteiger partial charge in [0.05, 0.1) is 11.9 Å². The lowest BCUT2D eigenvalue weighted by Crippen LogP contribution is -2.20. The lowest BCUT2D eigenvalue weighted by Gasteiger charge is -2.21. The predicted octanol–water partition coefficient (Wildman–Crippen LogP) is 2.48. The first kappa shape index (κ1) is 12.2. The van der Waals surface area contributed by atoms with Crippen LogP contribution < -0.4 is 5.32 Å². The molecule has 0 aromatic carbocycles. The van der Waals surface area contributed by atoms with E-state index in [0.717, 1.165) is 12.2 Å². The predicted molar refractivity (Wildman–Crippen MR) is 69.8 cm³/mol. The second kappa shape index (κ2) is 5.91. The van der Waals surface area contributed by atoms with Crippen LogP contribution in [-0.2, 0) is 0 Å². The number of hydrogen-bond acceptors (Lipinski definition) is 4. The molecule has 1 aliphatic rings. The fourth-order valence-electron chi connectivity index (χ4n) is 1.83. The SMILES string of the molecule is O=C(O)c1ccc(NCC2CCCCS2)cn1. The summed E-state index contributed by atoms with van der Waals surface area (Å²) in [6, 6.07) is 3.29. The molecular weight excluding hydrogens is 236 g/mol. The molecule has 1 saturated heterocycles. The van der Waals surface area contributed by atoms with E-state index in [2.05, 4.69) is 10.3 Å². The minimum atomic E-state index is -0.987. The summed E-state index contributed by atoms with van der Waals surface area (Å²) in [5.74, 6) is 0.266. The fraction of sp³-hybridized carbons (Fsp3) is 0.500. The van der Waals surface area contributed by atoms with Crippen LogP contribution in [0.5, 0.6) is 0 Å². The topological polar surface area (TPSA) is 62.2 Å².